The van der Waals surface area contributed by atoms with Crippen molar-refractivity contribution < 1.29 is 19.6 Å². The van der Waals surface area contributed by atoms with Gasteiger partial charge in [-0.25, -0.2) is 4.79 Å². The number of hydrogen-bond acceptors (Lipinski definition) is 5. The first-order valence-corrected chi connectivity index (χ1v) is 30.7. The molecular weight excluding hydrogens is 1020 g/mol. The summed E-state index contributed by atoms with van der Waals surface area (Å²) in [5.74, 6) is 0. The van der Waals surface area contributed by atoms with Gasteiger partial charge in [0.25, 0.3) is 0 Å². The van der Waals surface area contributed by atoms with E-state index in [1.165, 1.54) is 30.1 Å². The number of nitrogens with two attached hydrogens (primary N) is 1. The molecule has 4 fully saturated rings. The number of carbonyl (C=O) groups is 1. The molecule has 4 rings (SSSR count). The molecule has 0 bridgehead atoms. The fraction of sp³-hybridized carbons (Fsp3) is 0.903. The van der Waals surface area contributed by atoms with Gasteiger partial charge in [-0.2, -0.15) is 5.26 Å². The Morgan fingerprint density at radius 1 is 0.881 bits per heavy atom. The first-order chi connectivity index (χ1) is 19.5. The SMILES string of the molecule is CC.CC.CC.CC.CC1(C#N)CCCC1.CCI.NCC1(O)CCCC1.O=C1NCC2(CCCC2)O1.[CH3-].[I][V]([I])[I]. The van der Waals surface area contributed by atoms with Gasteiger partial charge >= 0.3 is 71.0 Å². The van der Waals surface area contributed by atoms with Crippen LogP contribution in [0.5, 0.6) is 0 Å². The van der Waals surface area contributed by atoms with Gasteiger partial charge < -0.3 is 28.3 Å². The quantitative estimate of drug-likeness (QED) is 0.138. The van der Waals surface area contributed by atoms with Crippen LogP contribution in [0.4, 0.5) is 4.79 Å². The molecule has 1 aliphatic heterocycles. The van der Waals surface area contributed by atoms with Gasteiger partial charge in [-0.3, -0.25) is 0 Å². The third-order valence-corrected chi connectivity index (χ3v) is 6.27. The maximum absolute atomic E-state index is 10.7. The van der Waals surface area contributed by atoms with E-state index in [1.807, 2.05) is 55.4 Å². The van der Waals surface area contributed by atoms with E-state index in [1.54, 1.807) is 0 Å². The molecule has 1 amide bonds. The summed E-state index contributed by atoms with van der Waals surface area (Å²) in [6.45, 7) is 21.3. The van der Waals surface area contributed by atoms with Crippen LogP contribution in [0.3, 0.4) is 0 Å². The van der Waals surface area contributed by atoms with Gasteiger partial charge in [0.1, 0.15) is 5.60 Å². The van der Waals surface area contributed by atoms with E-state index in [0.29, 0.717) is 6.54 Å². The Kier molecular flexibility index (Phi) is 53.0. The first kappa shape index (κ1) is 56.5. The van der Waals surface area contributed by atoms with Crippen LogP contribution in [-0.2, 0) is 9.66 Å². The average Bonchev–Trinajstić information content (AvgIpc) is 3.81. The van der Waals surface area contributed by atoms with Gasteiger partial charge in [-0.05, 0) is 62.7 Å². The number of ether oxygens (including phenoxy) is 1. The summed E-state index contributed by atoms with van der Waals surface area (Å²) in [4.78, 5) is 10.4. The summed E-state index contributed by atoms with van der Waals surface area (Å²) in [6.07, 6.45) is 13.1. The summed E-state index contributed by atoms with van der Waals surface area (Å²) >= 11 is 9.68. The van der Waals surface area contributed by atoms with Crippen LogP contribution in [0.2, 0.25) is 0 Å². The summed E-state index contributed by atoms with van der Waals surface area (Å²) < 4.78 is 6.38. The Labute approximate surface area is 314 Å². The number of hydrogen-bond donors (Lipinski definition) is 3. The molecule has 0 aromatic rings. The van der Waals surface area contributed by atoms with Gasteiger partial charge in [0.2, 0.25) is 0 Å². The topological polar surface area (TPSA) is 108 Å². The fourth-order valence-corrected chi connectivity index (χ4v) is 4.30. The summed E-state index contributed by atoms with van der Waals surface area (Å²) in [7, 11) is 0. The van der Waals surface area contributed by atoms with E-state index >= 15 is 0 Å². The number of nitriles is 1. The van der Waals surface area contributed by atoms with Crippen molar-refractivity contribution in [2.24, 2.45) is 11.1 Å². The zero-order valence-electron chi connectivity index (χ0n) is 28.9. The molecule has 1 spiro atoms. The zero-order chi connectivity index (χ0) is 33.4. The second kappa shape index (κ2) is 39.4. The Bertz CT molecular complexity index is 578. The molecule has 0 aromatic carbocycles. The minimum atomic E-state index is -0.486. The first-order valence-electron chi connectivity index (χ1n) is 15.6. The van der Waals surface area contributed by atoms with E-state index < -0.39 is 5.60 Å². The minimum absolute atomic E-state index is 0. The molecule has 6 nitrogen and oxygen atoms in total. The molecule has 0 unspecified atom stereocenters. The number of nitrogens with zero attached hydrogens (tertiary/aromatic N) is 1. The normalized spacial score (nSPS) is 18.4. The maximum atomic E-state index is 10.7. The Morgan fingerprint density at radius 3 is 1.40 bits per heavy atom. The van der Waals surface area contributed by atoms with Crippen LogP contribution in [0.15, 0.2) is 0 Å². The number of aliphatic hydroxyl groups is 1. The van der Waals surface area contributed by atoms with Gasteiger partial charge in [0, 0.05) is 6.54 Å². The Balaban J connectivity index is -0.0000000940. The van der Waals surface area contributed by atoms with Gasteiger partial charge in [-0.15, -0.1) is 0 Å². The molecule has 1 heterocycles. The van der Waals surface area contributed by atoms with Crippen molar-refractivity contribution in [1.29, 1.82) is 5.26 Å². The molecule has 0 radical (unpaired) electrons. The molecule has 1 saturated heterocycles. The molecule has 258 valence electrons. The second-order valence-electron chi connectivity index (χ2n) is 9.11. The van der Waals surface area contributed by atoms with Crippen molar-refractivity contribution in [3.8, 4) is 6.07 Å². The van der Waals surface area contributed by atoms with Crippen molar-refractivity contribution >= 4 is 88.6 Å². The van der Waals surface area contributed by atoms with Crippen LogP contribution in [0, 0.1) is 24.2 Å². The molecule has 4 N–H and O–H groups in total. The fourth-order valence-electron chi connectivity index (χ4n) is 4.30. The molecule has 0 atom stereocenters. The molecular formula is C31H67I4N3O3V-. The summed E-state index contributed by atoms with van der Waals surface area (Å²) in [5, 5.41) is 20.6. The Morgan fingerprint density at radius 2 is 1.19 bits per heavy atom. The number of nitrogens with one attached hydrogen (secondary N) is 1. The number of alkyl halides is 1. The van der Waals surface area contributed by atoms with E-state index in [4.69, 9.17) is 15.7 Å². The number of amides is 1. The third-order valence-electron chi connectivity index (χ3n) is 6.27. The molecule has 4 aliphatic rings. The summed E-state index contributed by atoms with van der Waals surface area (Å²) in [6, 6.07) is 2.34. The van der Waals surface area contributed by atoms with E-state index in [0.717, 1.165) is 57.9 Å². The number of carbonyl (C=O) groups excluding carboxylic acids is 1. The number of rotatable bonds is 1. The predicted octanol–water partition coefficient (Wildman–Crippen LogP) is 12.0. The van der Waals surface area contributed by atoms with Crippen LogP contribution in [0.1, 0.15) is 146 Å². The molecule has 11 heteroatoms. The van der Waals surface area contributed by atoms with Crippen molar-refractivity contribution in [3.63, 3.8) is 0 Å². The molecule has 42 heavy (non-hydrogen) atoms. The predicted molar refractivity (Wildman–Crippen MR) is 219 cm³/mol. The third kappa shape index (κ3) is 33.5. The Hall–Kier alpha value is 2.18. The standard InChI is InChI=1S/C7H11NO2.C7H11N.C6H13NO.C2H5I.4C2H6.CH3.3HI.V/c9-6-8-5-7(10-6)3-1-2-4-7;1-7(6-8)4-2-3-5-7;7-5-6(8)3-1-2-4-6;1-2-3;4*1-2;;;;;/h1-5H2,(H,8,9);2-5H2,1H3;8H,1-5,7H2;2H2,1H3;4*1-2H3;1H3;3*1H;/q;;;;;;;;-1;;;;+3/p-3. The van der Waals surface area contributed by atoms with Crippen molar-refractivity contribution in [1.82, 2.24) is 5.32 Å². The van der Waals surface area contributed by atoms with Crippen LogP contribution in [-0.4, -0.2) is 39.9 Å². The second-order valence-corrected chi connectivity index (χ2v) is 46.0. The van der Waals surface area contributed by atoms with Crippen LogP contribution < -0.4 is 11.1 Å². The molecule has 3 saturated carbocycles. The van der Waals surface area contributed by atoms with Gasteiger partial charge in [0.15, 0.2) is 0 Å². The van der Waals surface area contributed by atoms with E-state index in [9.17, 15) is 9.90 Å². The van der Waals surface area contributed by atoms with E-state index in [2.05, 4.69) is 108 Å². The molecule has 3 aliphatic carbocycles. The monoisotopic (exact) mass is 1090 g/mol. The van der Waals surface area contributed by atoms with Gasteiger partial charge in [0.05, 0.1) is 23.6 Å². The van der Waals surface area contributed by atoms with Crippen molar-refractivity contribution in [3.05, 3.63) is 7.43 Å². The van der Waals surface area contributed by atoms with E-state index in [-0.39, 0.29) is 29.5 Å². The summed E-state index contributed by atoms with van der Waals surface area (Å²) in [5.41, 5.74) is 4.77. The van der Waals surface area contributed by atoms with Crippen molar-refractivity contribution in [2.75, 3.05) is 17.5 Å². The van der Waals surface area contributed by atoms with Crippen LogP contribution >= 0.6 is 82.5 Å². The molecule has 0 aromatic heterocycles. The van der Waals surface area contributed by atoms with Gasteiger partial charge in [-0.1, -0.05) is 111 Å². The zero-order valence-corrected chi connectivity index (χ0v) is 38.9. The van der Waals surface area contributed by atoms with Crippen molar-refractivity contribution in [2.45, 2.75) is 157 Å². The van der Waals surface area contributed by atoms with Crippen LogP contribution in [0.25, 0.3) is 0 Å². The number of halogens is 4. The average molecular weight is 1090 g/mol. The number of alkyl carbamates (subject to hydrolysis) is 1.